The molecule has 11 aromatic rings. The lowest BCUT2D eigenvalue weighted by atomic mass is 9.67. The van der Waals surface area contributed by atoms with Gasteiger partial charge in [0.2, 0.25) is 0 Å². The second kappa shape index (κ2) is 14.7. The van der Waals surface area contributed by atoms with Gasteiger partial charge in [0.15, 0.2) is 0 Å². The minimum absolute atomic E-state index is 0.494. The minimum Gasteiger partial charge on any atom is -0.337 e. The summed E-state index contributed by atoms with van der Waals surface area (Å²) in [6.07, 6.45) is 6.35. The van der Waals surface area contributed by atoms with Crippen LogP contribution in [0.2, 0.25) is 0 Å². The van der Waals surface area contributed by atoms with E-state index in [1.165, 1.54) is 115 Å². The topological polar surface area (TPSA) is 13.1 Å². The molecule has 0 amide bonds. The van der Waals surface area contributed by atoms with Crippen molar-refractivity contribution in [2.75, 3.05) is 4.90 Å². The molecule has 9 aromatic carbocycles. The fraction of sp³-hybridized carbons (Fsp3) is 0.115. The van der Waals surface area contributed by atoms with Crippen LogP contribution < -0.4 is 4.90 Å². The number of benzene rings is 9. The summed E-state index contributed by atoms with van der Waals surface area (Å²) in [4.78, 5) is 2.38. The summed E-state index contributed by atoms with van der Waals surface area (Å²) in [5, 5.41) is 5.15. The largest absolute Gasteiger partial charge is 0.337 e. The standard InChI is InChI=1S/C61H47N3/c1-6-20-42(21-7-1)61(43-22-8-2-9-23-43)55-32-18-16-30-49(55)52-40-54-53-38-47(62(44-24-10-3-11-25-44)45-26-12-4-13-27-45)35-37-58(53)64(60(54)41-56(52)61)48-34-36-51-50-31-17-19-33-57(50)63(59(51)39-48)46-28-14-5-15-29-46/h1-4,6-13,16-27,30-41,46H,5,14-15,28-29H2. The molecule has 13 rings (SSSR count). The Morgan fingerprint density at radius 2 is 0.969 bits per heavy atom. The van der Waals surface area contributed by atoms with E-state index in [0.717, 1.165) is 17.1 Å². The molecule has 0 unspecified atom stereocenters. The van der Waals surface area contributed by atoms with E-state index in [9.17, 15) is 0 Å². The van der Waals surface area contributed by atoms with E-state index in [4.69, 9.17) is 0 Å². The molecule has 0 saturated heterocycles. The Morgan fingerprint density at radius 3 is 1.67 bits per heavy atom. The third kappa shape index (κ3) is 5.47. The van der Waals surface area contributed by atoms with Gasteiger partial charge in [-0.25, -0.2) is 0 Å². The van der Waals surface area contributed by atoms with Gasteiger partial charge < -0.3 is 14.0 Å². The van der Waals surface area contributed by atoms with Crippen LogP contribution in [0.25, 0.3) is 60.4 Å². The zero-order chi connectivity index (χ0) is 42.2. The highest BCUT2D eigenvalue weighted by molar-refractivity contribution is 6.14. The number of fused-ring (bicyclic) bond motifs is 9. The first-order valence-electron chi connectivity index (χ1n) is 23.0. The minimum atomic E-state index is -0.510. The molecule has 3 nitrogen and oxygen atoms in total. The quantitative estimate of drug-likeness (QED) is 0.156. The molecule has 2 aliphatic carbocycles. The molecule has 64 heavy (non-hydrogen) atoms. The number of anilines is 3. The van der Waals surface area contributed by atoms with Gasteiger partial charge in [-0.15, -0.1) is 0 Å². The SMILES string of the molecule is c1ccc(N(c2ccccc2)c2ccc3c(c2)c2cc4c(cc2n3-c2ccc3c5ccccc5n(C5CCCCC5)c3c2)C(c2ccccc2)(c2ccccc2)c2ccccc2-4)cc1. The Balaban J connectivity index is 1.14. The van der Waals surface area contributed by atoms with Crippen LogP contribution in [0.1, 0.15) is 60.4 Å². The van der Waals surface area contributed by atoms with Crippen molar-refractivity contribution >= 4 is 60.7 Å². The molecule has 0 spiro atoms. The zero-order valence-electron chi connectivity index (χ0n) is 35.7. The molecule has 2 aromatic heterocycles. The van der Waals surface area contributed by atoms with Crippen LogP contribution in [0, 0.1) is 0 Å². The number of hydrogen-bond acceptors (Lipinski definition) is 1. The number of rotatable bonds is 7. The van der Waals surface area contributed by atoms with E-state index in [0.29, 0.717) is 6.04 Å². The van der Waals surface area contributed by atoms with E-state index < -0.39 is 5.41 Å². The average Bonchev–Trinajstić information content (AvgIpc) is 3.98. The maximum Gasteiger partial charge on any atom is 0.0714 e. The molecule has 1 fully saturated rings. The van der Waals surface area contributed by atoms with Crippen LogP contribution in [0.4, 0.5) is 17.1 Å². The molecule has 306 valence electrons. The predicted molar refractivity (Wildman–Crippen MR) is 268 cm³/mol. The summed E-state index contributed by atoms with van der Waals surface area (Å²) in [7, 11) is 0. The van der Waals surface area contributed by atoms with Crippen LogP contribution in [-0.2, 0) is 5.41 Å². The van der Waals surface area contributed by atoms with Gasteiger partial charge in [-0.05, 0) is 119 Å². The molecular formula is C61H47N3. The molecule has 3 heteroatoms. The van der Waals surface area contributed by atoms with Gasteiger partial charge >= 0.3 is 0 Å². The lowest BCUT2D eigenvalue weighted by Gasteiger charge is -2.34. The van der Waals surface area contributed by atoms with Crippen molar-refractivity contribution < 1.29 is 0 Å². The Labute approximate surface area is 374 Å². The fourth-order valence-electron chi connectivity index (χ4n) is 11.8. The summed E-state index contributed by atoms with van der Waals surface area (Å²) < 4.78 is 5.26. The Hall–Kier alpha value is -7.62. The molecule has 0 radical (unpaired) electrons. The normalized spacial score (nSPS) is 14.6. The van der Waals surface area contributed by atoms with E-state index in [-0.39, 0.29) is 0 Å². The highest BCUT2D eigenvalue weighted by Gasteiger charge is 2.46. The molecule has 2 heterocycles. The van der Waals surface area contributed by atoms with Crippen LogP contribution in [-0.4, -0.2) is 9.13 Å². The molecule has 2 aliphatic rings. The van der Waals surface area contributed by atoms with Gasteiger partial charge in [0.1, 0.15) is 0 Å². The molecule has 0 N–H and O–H groups in total. The van der Waals surface area contributed by atoms with Gasteiger partial charge in [0.25, 0.3) is 0 Å². The van der Waals surface area contributed by atoms with Crippen molar-refractivity contribution in [1.29, 1.82) is 0 Å². The smallest absolute Gasteiger partial charge is 0.0714 e. The molecule has 0 bridgehead atoms. The summed E-state index contributed by atoms with van der Waals surface area (Å²) in [6, 6.07) is 82.0. The van der Waals surface area contributed by atoms with Gasteiger partial charge in [-0.3, -0.25) is 0 Å². The van der Waals surface area contributed by atoms with E-state index in [1.54, 1.807) is 0 Å². The van der Waals surface area contributed by atoms with Gasteiger partial charge in [-0.2, -0.15) is 0 Å². The third-order valence-corrected chi connectivity index (χ3v) is 14.5. The number of aromatic nitrogens is 2. The lowest BCUT2D eigenvalue weighted by molar-refractivity contribution is 0.367. The van der Waals surface area contributed by atoms with Gasteiger partial charge in [-0.1, -0.05) is 165 Å². The molecule has 1 saturated carbocycles. The zero-order valence-corrected chi connectivity index (χ0v) is 35.7. The Morgan fingerprint density at radius 1 is 0.375 bits per heavy atom. The van der Waals surface area contributed by atoms with E-state index in [1.807, 2.05) is 0 Å². The Kier molecular flexibility index (Phi) is 8.52. The fourth-order valence-corrected chi connectivity index (χ4v) is 11.8. The first-order valence-corrected chi connectivity index (χ1v) is 23.0. The maximum absolute atomic E-state index is 2.70. The van der Waals surface area contributed by atoms with Crippen LogP contribution >= 0.6 is 0 Å². The second-order valence-electron chi connectivity index (χ2n) is 17.9. The summed E-state index contributed by atoms with van der Waals surface area (Å²) in [5.41, 5.74) is 16.9. The second-order valence-corrected chi connectivity index (χ2v) is 17.9. The van der Waals surface area contributed by atoms with Crippen molar-refractivity contribution in [3.8, 4) is 16.8 Å². The maximum atomic E-state index is 2.70. The van der Waals surface area contributed by atoms with Crippen LogP contribution in [0.15, 0.2) is 218 Å². The third-order valence-electron chi connectivity index (χ3n) is 14.5. The molecule has 0 aliphatic heterocycles. The summed E-state index contributed by atoms with van der Waals surface area (Å²) in [6.45, 7) is 0. The summed E-state index contributed by atoms with van der Waals surface area (Å²) in [5.74, 6) is 0. The lowest BCUT2D eigenvalue weighted by Crippen LogP contribution is -2.28. The van der Waals surface area contributed by atoms with Gasteiger partial charge in [0, 0.05) is 55.9 Å². The number of para-hydroxylation sites is 3. The Bertz CT molecular complexity index is 3440. The molecule has 0 atom stereocenters. The monoisotopic (exact) mass is 821 g/mol. The van der Waals surface area contributed by atoms with E-state index >= 15 is 0 Å². The highest BCUT2D eigenvalue weighted by Crippen LogP contribution is 2.57. The van der Waals surface area contributed by atoms with Crippen LogP contribution in [0.5, 0.6) is 0 Å². The van der Waals surface area contributed by atoms with Gasteiger partial charge in [0.05, 0.1) is 22.0 Å². The number of hydrogen-bond donors (Lipinski definition) is 0. The first-order chi connectivity index (χ1) is 31.8. The molecular weight excluding hydrogens is 775 g/mol. The van der Waals surface area contributed by atoms with Crippen LogP contribution in [0.3, 0.4) is 0 Å². The average molecular weight is 822 g/mol. The highest BCUT2D eigenvalue weighted by atomic mass is 15.1. The number of nitrogens with zero attached hydrogens (tertiary/aromatic N) is 3. The van der Waals surface area contributed by atoms with Crippen molar-refractivity contribution in [3.05, 3.63) is 241 Å². The first kappa shape index (κ1) is 37.0. The van der Waals surface area contributed by atoms with Crippen molar-refractivity contribution in [2.45, 2.75) is 43.6 Å². The summed E-state index contributed by atoms with van der Waals surface area (Å²) >= 11 is 0. The van der Waals surface area contributed by atoms with Crippen molar-refractivity contribution in [1.82, 2.24) is 9.13 Å². The van der Waals surface area contributed by atoms with Crippen molar-refractivity contribution in [2.24, 2.45) is 0 Å². The van der Waals surface area contributed by atoms with Crippen molar-refractivity contribution in [3.63, 3.8) is 0 Å². The predicted octanol–water partition coefficient (Wildman–Crippen LogP) is 16.2. The van der Waals surface area contributed by atoms with E-state index in [2.05, 4.69) is 232 Å².